The Morgan fingerprint density at radius 2 is 1.38 bits per heavy atom. The summed E-state index contributed by atoms with van der Waals surface area (Å²) in [5.41, 5.74) is 4.28. The molecule has 0 spiro atoms. The van der Waals surface area contributed by atoms with E-state index in [1.807, 2.05) is 115 Å². The number of nitrogens with one attached hydrogen (secondary N) is 2. The van der Waals surface area contributed by atoms with Crippen molar-refractivity contribution in [3.63, 3.8) is 0 Å². The molecule has 5 aromatic carbocycles. The zero-order valence-corrected chi connectivity index (χ0v) is 34.6. The third-order valence-corrected chi connectivity index (χ3v) is 12.5. The first-order chi connectivity index (χ1) is 29.9. The summed E-state index contributed by atoms with van der Waals surface area (Å²) in [6.45, 7) is -0.260. The number of allylic oxidation sites excluding steroid dienone is 1. The fourth-order valence-corrected chi connectivity index (χ4v) is 9.66. The molecule has 2 atom stereocenters. The molecule has 1 saturated heterocycles. The molecule has 2 amide bonds. The quantitative estimate of drug-likeness (QED) is 0.0316. The van der Waals surface area contributed by atoms with Gasteiger partial charge in [0.1, 0.15) is 35.5 Å². The molecule has 11 nitrogen and oxygen atoms in total. The second kappa shape index (κ2) is 18.6. The molecule has 2 aliphatic rings. The van der Waals surface area contributed by atoms with Crippen LogP contribution in [-0.4, -0.2) is 69.4 Å². The van der Waals surface area contributed by atoms with Crippen molar-refractivity contribution in [1.29, 1.82) is 0 Å². The number of thioether (sulfide) groups is 1. The van der Waals surface area contributed by atoms with Gasteiger partial charge in [0, 0.05) is 11.1 Å². The summed E-state index contributed by atoms with van der Waals surface area (Å²) < 4.78 is 6.21. The van der Waals surface area contributed by atoms with Gasteiger partial charge in [0.05, 0.1) is 6.61 Å². The molecule has 0 bridgehead atoms. The van der Waals surface area contributed by atoms with Crippen LogP contribution in [0.4, 0.5) is 5.13 Å². The van der Waals surface area contributed by atoms with Crippen LogP contribution in [0.3, 0.4) is 0 Å². The summed E-state index contributed by atoms with van der Waals surface area (Å²) in [4.78, 5) is 53.7. The van der Waals surface area contributed by atoms with Crippen LogP contribution in [0, 0.1) is 0 Å². The van der Waals surface area contributed by atoms with Crippen molar-refractivity contribution in [2.45, 2.75) is 23.1 Å². The second-order valence-corrected chi connectivity index (χ2v) is 16.0. The van der Waals surface area contributed by atoms with Gasteiger partial charge < -0.3 is 25.3 Å². The lowest BCUT2D eigenvalue weighted by Gasteiger charge is -2.49. The van der Waals surface area contributed by atoms with Crippen molar-refractivity contribution in [2.24, 2.45) is 5.16 Å². The van der Waals surface area contributed by atoms with Crippen molar-refractivity contribution in [3.8, 4) is 0 Å². The van der Waals surface area contributed by atoms with Gasteiger partial charge in [-0.25, -0.2) is 9.78 Å². The van der Waals surface area contributed by atoms with E-state index in [1.54, 1.807) is 11.5 Å². The van der Waals surface area contributed by atoms with E-state index in [0.717, 1.165) is 27.8 Å². The number of benzene rings is 5. The number of nitrogens with zero attached hydrogens (tertiary/aromatic N) is 3. The Bertz CT molecular complexity index is 2430. The van der Waals surface area contributed by atoms with E-state index in [1.165, 1.54) is 41.2 Å². The van der Waals surface area contributed by atoms with Gasteiger partial charge in [-0.1, -0.05) is 169 Å². The number of oxime groups is 1. The average molecular weight is 848 g/mol. The van der Waals surface area contributed by atoms with Crippen LogP contribution in [0.25, 0.3) is 0 Å². The molecule has 8 rings (SSSR count). The number of aromatic nitrogens is 1. The summed E-state index contributed by atoms with van der Waals surface area (Å²) in [6.07, 6.45) is 2.37. The summed E-state index contributed by atoms with van der Waals surface area (Å²) in [6, 6.07) is 48.0. The zero-order valence-electron chi connectivity index (χ0n) is 33.0. The normalized spacial score (nSPS) is 16.5. The first-order valence-corrected chi connectivity index (χ1v) is 21.4. The van der Waals surface area contributed by atoms with E-state index >= 15 is 0 Å². The molecule has 3 heterocycles. The van der Waals surface area contributed by atoms with Crippen LogP contribution in [0.15, 0.2) is 186 Å². The van der Waals surface area contributed by atoms with E-state index in [2.05, 4.69) is 52.2 Å². The highest BCUT2D eigenvalue weighted by Gasteiger charge is 2.55. The SMILES string of the molecule is CO/N=C(\C(=O)NC1C(=O)N2C(C(=O)OC(c3ccccc3)c3ccccc3)=C(/C=C/CO)CSC12)c1csc(NC(c2ccccc2)(c2ccccc2)c2ccccc2)n1. The van der Waals surface area contributed by atoms with Crippen molar-refractivity contribution in [2.75, 3.05) is 24.8 Å². The predicted octanol–water partition coefficient (Wildman–Crippen LogP) is 7.43. The second-order valence-electron chi connectivity index (χ2n) is 14.1. The van der Waals surface area contributed by atoms with Crippen molar-refractivity contribution in [3.05, 3.63) is 214 Å². The molecule has 6 aromatic rings. The van der Waals surface area contributed by atoms with Crippen molar-refractivity contribution >= 4 is 51.7 Å². The van der Waals surface area contributed by atoms with Gasteiger partial charge in [0.15, 0.2) is 16.9 Å². The fraction of sp³-hybridized carbons (Fsp3) is 0.146. The Morgan fingerprint density at radius 1 is 0.852 bits per heavy atom. The third kappa shape index (κ3) is 8.35. The lowest BCUT2D eigenvalue weighted by atomic mass is 9.77. The predicted molar refractivity (Wildman–Crippen MR) is 238 cm³/mol. The number of hydrogen-bond donors (Lipinski definition) is 3. The summed E-state index contributed by atoms with van der Waals surface area (Å²) in [7, 11) is 1.33. The molecule has 1 fully saturated rings. The van der Waals surface area contributed by atoms with Crippen LogP contribution < -0.4 is 10.6 Å². The number of thiazole rings is 1. The minimum atomic E-state index is -0.997. The average Bonchev–Trinajstić information content (AvgIpc) is 3.79. The monoisotopic (exact) mass is 847 g/mol. The van der Waals surface area contributed by atoms with Crippen LogP contribution in [-0.2, 0) is 29.5 Å². The minimum absolute atomic E-state index is 0.0561. The number of fused-ring (bicyclic) bond motifs is 1. The number of aliphatic hydroxyl groups excluding tert-OH is 1. The molecule has 0 aliphatic carbocycles. The number of aliphatic hydroxyl groups is 1. The van der Waals surface area contributed by atoms with Gasteiger partial charge in [-0.05, 0) is 33.4 Å². The summed E-state index contributed by atoms with van der Waals surface area (Å²) >= 11 is 2.68. The smallest absolute Gasteiger partial charge is 0.356 e. The molecule has 0 radical (unpaired) electrons. The molecule has 2 unspecified atom stereocenters. The lowest BCUT2D eigenvalue weighted by molar-refractivity contribution is -0.154. The van der Waals surface area contributed by atoms with Gasteiger partial charge in [-0.15, -0.1) is 23.1 Å². The van der Waals surface area contributed by atoms with E-state index < -0.39 is 40.8 Å². The Hall–Kier alpha value is -6.80. The standard InChI is InChI=1S/C48H41N5O6S2/c1-58-52-39(38-31-61-47(49-38)51-48(35-23-11-4-12-24-35,36-25-13-5-14-26-36)37-27-15-6-16-28-37)43(55)50-40-44(56)53-41(34(22-17-29-54)30-60-45(40)53)46(57)59-42(32-18-7-2-8-19-32)33-20-9-3-10-21-33/h2-28,31,40,42,45,54H,29-30H2,1H3,(H,49,51)(H,50,55)/b22-17+,52-39-. The van der Waals surface area contributed by atoms with E-state index in [4.69, 9.17) is 14.6 Å². The minimum Gasteiger partial charge on any atom is -0.448 e. The number of carbonyl (C=O) groups excluding carboxylic acids is 3. The lowest BCUT2D eigenvalue weighted by Crippen LogP contribution is -2.71. The van der Waals surface area contributed by atoms with E-state index in [0.29, 0.717) is 16.5 Å². The molecule has 306 valence electrons. The van der Waals surface area contributed by atoms with Crippen molar-refractivity contribution < 1.29 is 29.1 Å². The molecule has 3 N–H and O–H groups in total. The Balaban J connectivity index is 1.05. The number of hydrogen-bond acceptors (Lipinski definition) is 11. The molecule has 61 heavy (non-hydrogen) atoms. The summed E-state index contributed by atoms with van der Waals surface area (Å²) in [5.74, 6) is -1.57. The molecule has 2 aliphatic heterocycles. The molecular weight excluding hydrogens is 807 g/mol. The molecular formula is C48H41N5O6S2. The highest BCUT2D eigenvalue weighted by atomic mass is 32.2. The van der Waals surface area contributed by atoms with Gasteiger partial charge in [-0.2, -0.15) is 0 Å². The van der Waals surface area contributed by atoms with E-state index in [9.17, 15) is 19.5 Å². The Morgan fingerprint density at radius 3 is 1.89 bits per heavy atom. The van der Waals surface area contributed by atoms with Crippen LogP contribution >= 0.6 is 23.1 Å². The number of ether oxygens (including phenoxy) is 1. The Labute approximate surface area is 361 Å². The maximum Gasteiger partial charge on any atom is 0.356 e. The van der Waals surface area contributed by atoms with Gasteiger partial charge >= 0.3 is 5.97 Å². The number of esters is 1. The van der Waals surface area contributed by atoms with Crippen LogP contribution in [0.1, 0.15) is 39.6 Å². The van der Waals surface area contributed by atoms with Gasteiger partial charge in [0.2, 0.25) is 0 Å². The maximum absolute atomic E-state index is 14.2. The number of anilines is 1. The number of amides is 2. The zero-order chi connectivity index (χ0) is 42.2. The van der Waals surface area contributed by atoms with Gasteiger partial charge in [-0.3, -0.25) is 14.5 Å². The highest BCUT2D eigenvalue weighted by Crippen LogP contribution is 2.43. The van der Waals surface area contributed by atoms with Crippen LogP contribution in [0.2, 0.25) is 0 Å². The number of carbonyl (C=O) groups is 3. The highest BCUT2D eigenvalue weighted by molar-refractivity contribution is 8.00. The fourth-order valence-electron chi connectivity index (χ4n) is 7.59. The molecule has 1 aromatic heterocycles. The number of β-lactam (4-membered cyclic amide) rings is 1. The maximum atomic E-state index is 14.2. The summed E-state index contributed by atoms with van der Waals surface area (Å²) in [5, 5.41) is 21.8. The first kappa shape index (κ1) is 41.0. The van der Waals surface area contributed by atoms with Gasteiger partial charge in [0.25, 0.3) is 11.8 Å². The topological polar surface area (TPSA) is 142 Å². The van der Waals surface area contributed by atoms with E-state index in [-0.39, 0.29) is 23.7 Å². The Kier molecular flexibility index (Phi) is 12.5. The van der Waals surface area contributed by atoms with Crippen molar-refractivity contribution in [1.82, 2.24) is 15.2 Å². The number of rotatable bonds is 15. The molecule has 0 saturated carbocycles. The third-order valence-electron chi connectivity index (χ3n) is 10.4. The largest absolute Gasteiger partial charge is 0.448 e. The molecule has 13 heteroatoms. The first-order valence-electron chi connectivity index (χ1n) is 19.5. The van der Waals surface area contributed by atoms with Crippen LogP contribution in [0.5, 0.6) is 0 Å².